The first-order chi connectivity index (χ1) is 13.7. The first kappa shape index (κ1) is 20.3. The van der Waals surface area contributed by atoms with Crippen LogP contribution >= 0.6 is 11.8 Å². The Bertz CT molecular complexity index is 743. The Morgan fingerprint density at radius 1 is 1.07 bits per heavy atom. The summed E-state index contributed by atoms with van der Waals surface area (Å²) in [6, 6.07) is 11.0. The number of carbonyl (C=O) groups excluding carboxylic acids is 2. The van der Waals surface area contributed by atoms with Crippen LogP contribution in [0.1, 0.15) is 11.3 Å². The Morgan fingerprint density at radius 3 is 2.57 bits per heavy atom. The van der Waals surface area contributed by atoms with Gasteiger partial charge in [0.05, 0.1) is 19.4 Å². The summed E-state index contributed by atoms with van der Waals surface area (Å²) < 4.78 is 5.13. The summed E-state index contributed by atoms with van der Waals surface area (Å²) in [4.78, 5) is 26.2. The highest BCUT2D eigenvalue weighted by molar-refractivity contribution is 7.99. The molecule has 2 aromatic rings. The van der Waals surface area contributed by atoms with Crippen LogP contribution in [0.4, 0.5) is 10.5 Å². The quantitative estimate of drug-likeness (QED) is 0.631. The van der Waals surface area contributed by atoms with E-state index >= 15 is 0 Å². The molecule has 0 bridgehead atoms. The smallest absolute Gasteiger partial charge is 0.319 e. The molecule has 3 N–H and O–H groups in total. The third kappa shape index (κ3) is 6.94. The maximum atomic E-state index is 11.9. The number of carbonyl (C=O) groups is 2. The van der Waals surface area contributed by atoms with E-state index in [0.717, 1.165) is 13.0 Å². The number of nitrogens with one attached hydrogen (secondary N) is 3. The van der Waals surface area contributed by atoms with E-state index in [0.29, 0.717) is 18.0 Å². The van der Waals surface area contributed by atoms with Gasteiger partial charge in [-0.05, 0) is 36.2 Å². The summed E-state index contributed by atoms with van der Waals surface area (Å²) in [6.45, 7) is 3.60. The lowest BCUT2D eigenvalue weighted by molar-refractivity contribution is -0.120. The summed E-state index contributed by atoms with van der Waals surface area (Å²) in [7, 11) is 0. The summed E-state index contributed by atoms with van der Waals surface area (Å²) in [5.41, 5.74) is 1.95. The van der Waals surface area contributed by atoms with E-state index in [9.17, 15) is 9.59 Å². The molecule has 0 spiro atoms. The lowest BCUT2D eigenvalue weighted by atomic mass is 10.1. The van der Waals surface area contributed by atoms with Gasteiger partial charge < -0.3 is 25.3 Å². The number of nitrogens with zero attached hydrogens (tertiary/aromatic N) is 1. The average Bonchev–Trinajstić information content (AvgIpc) is 3.25. The summed E-state index contributed by atoms with van der Waals surface area (Å²) in [5, 5.41) is 7.95. The van der Waals surface area contributed by atoms with Crippen LogP contribution in [0.15, 0.2) is 47.1 Å². The molecule has 0 aliphatic carbocycles. The normalized spacial score (nSPS) is 14.4. The maximum Gasteiger partial charge on any atom is 0.319 e. The van der Waals surface area contributed by atoms with Crippen LogP contribution in [0.2, 0.25) is 0 Å². The second-order valence-corrected chi connectivity index (χ2v) is 7.79. The molecule has 1 aliphatic heterocycles. The molecule has 0 unspecified atom stereocenters. The molecule has 1 aliphatic rings. The summed E-state index contributed by atoms with van der Waals surface area (Å²) in [5.74, 6) is 2.83. The fraction of sp³-hybridized carbons (Fsp3) is 0.400. The van der Waals surface area contributed by atoms with Gasteiger partial charge in [-0.25, -0.2) is 4.79 Å². The molecule has 1 fully saturated rings. The van der Waals surface area contributed by atoms with Crippen molar-refractivity contribution in [3.05, 3.63) is 54.0 Å². The van der Waals surface area contributed by atoms with E-state index in [-0.39, 0.29) is 12.5 Å². The van der Waals surface area contributed by atoms with Gasteiger partial charge in [0, 0.05) is 36.8 Å². The number of thioether (sulfide) groups is 1. The molecule has 1 aromatic heterocycles. The zero-order chi connectivity index (χ0) is 19.6. The van der Waals surface area contributed by atoms with Crippen LogP contribution < -0.4 is 16.0 Å². The standard InChI is InChI=1S/C20H26N4O3S/c25-19(21-14-18-2-1-11-27-18)15-22-20(26)23-17-5-3-16(4-6-17)7-8-24-9-12-28-13-10-24/h1-6,11H,7-10,12-15H2,(H,21,25)(H2,22,23,26). The summed E-state index contributed by atoms with van der Waals surface area (Å²) in [6.07, 6.45) is 2.55. The number of anilines is 1. The minimum absolute atomic E-state index is 0.0985. The third-order valence-corrected chi connectivity index (χ3v) is 5.42. The fourth-order valence-electron chi connectivity index (χ4n) is 2.86. The molecule has 28 heavy (non-hydrogen) atoms. The first-order valence-corrected chi connectivity index (χ1v) is 10.6. The van der Waals surface area contributed by atoms with Crippen molar-refractivity contribution in [2.24, 2.45) is 0 Å². The Balaban J connectivity index is 1.33. The van der Waals surface area contributed by atoms with E-state index in [2.05, 4.69) is 20.9 Å². The molecule has 8 heteroatoms. The predicted molar refractivity (Wildman–Crippen MR) is 111 cm³/mol. The van der Waals surface area contributed by atoms with Crippen molar-refractivity contribution in [1.82, 2.24) is 15.5 Å². The van der Waals surface area contributed by atoms with Gasteiger partial charge in [0.25, 0.3) is 0 Å². The predicted octanol–water partition coefficient (Wildman–Crippen LogP) is 2.31. The van der Waals surface area contributed by atoms with Crippen molar-refractivity contribution >= 4 is 29.4 Å². The summed E-state index contributed by atoms with van der Waals surface area (Å²) >= 11 is 2.02. The van der Waals surface area contributed by atoms with Gasteiger partial charge in [0.2, 0.25) is 5.91 Å². The van der Waals surface area contributed by atoms with Crippen molar-refractivity contribution in [2.75, 3.05) is 43.0 Å². The number of rotatable bonds is 8. The van der Waals surface area contributed by atoms with E-state index < -0.39 is 6.03 Å². The van der Waals surface area contributed by atoms with E-state index in [1.54, 1.807) is 18.4 Å². The number of amides is 3. The Morgan fingerprint density at radius 2 is 1.86 bits per heavy atom. The molecule has 2 heterocycles. The van der Waals surface area contributed by atoms with Gasteiger partial charge in [0.1, 0.15) is 5.76 Å². The van der Waals surface area contributed by atoms with Crippen molar-refractivity contribution in [3.8, 4) is 0 Å². The number of urea groups is 1. The third-order valence-electron chi connectivity index (χ3n) is 4.48. The number of hydrogen-bond donors (Lipinski definition) is 3. The molecular formula is C20H26N4O3S. The lowest BCUT2D eigenvalue weighted by Gasteiger charge is -2.26. The van der Waals surface area contributed by atoms with Crippen molar-refractivity contribution in [3.63, 3.8) is 0 Å². The highest BCUT2D eigenvalue weighted by Crippen LogP contribution is 2.13. The van der Waals surface area contributed by atoms with Crippen LogP contribution in [0.25, 0.3) is 0 Å². The van der Waals surface area contributed by atoms with Gasteiger partial charge in [-0.15, -0.1) is 0 Å². The second kappa shape index (κ2) is 10.8. The van der Waals surface area contributed by atoms with E-state index in [1.165, 1.54) is 30.2 Å². The molecule has 0 atom stereocenters. The van der Waals surface area contributed by atoms with Crippen LogP contribution in [-0.2, 0) is 17.8 Å². The van der Waals surface area contributed by atoms with Gasteiger partial charge >= 0.3 is 6.03 Å². The van der Waals surface area contributed by atoms with Crippen LogP contribution in [-0.4, -0.2) is 54.5 Å². The second-order valence-electron chi connectivity index (χ2n) is 6.56. The maximum absolute atomic E-state index is 11.9. The van der Waals surface area contributed by atoms with Crippen LogP contribution in [0.5, 0.6) is 0 Å². The van der Waals surface area contributed by atoms with Crippen LogP contribution in [0, 0.1) is 0 Å². The number of benzene rings is 1. The minimum atomic E-state index is -0.410. The molecule has 0 saturated carbocycles. The average molecular weight is 403 g/mol. The molecule has 3 amide bonds. The molecule has 0 radical (unpaired) electrons. The number of hydrogen-bond acceptors (Lipinski definition) is 5. The SMILES string of the molecule is O=C(CNC(=O)Nc1ccc(CCN2CCSCC2)cc1)NCc1ccco1. The highest BCUT2D eigenvalue weighted by Gasteiger charge is 2.10. The van der Waals surface area contributed by atoms with Gasteiger partial charge in [0.15, 0.2) is 0 Å². The zero-order valence-corrected chi connectivity index (χ0v) is 16.6. The molecular weight excluding hydrogens is 376 g/mol. The largest absolute Gasteiger partial charge is 0.467 e. The molecule has 1 aromatic carbocycles. The topological polar surface area (TPSA) is 86.6 Å². The Labute approximate surface area is 169 Å². The Hall–Kier alpha value is -2.45. The van der Waals surface area contributed by atoms with Crippen LogP contribution in [0.3, 0.4) is 0 Å². The van der Waals surface area contributed by atoms with Crippen molar-refractivity contribution in [2.45, 2.75) is 13.0 Å². The van der Waals surface area contributed by atoms with Gasteiger partial charge in [-0.2, -0.15) is 11.8 Å². The molecule has 150 valence electrons. The zero-order valence-electron chi connectivity index (χ0n) is 15.8. The molecule has 1 saturated heterocycles. The lowest BCUT2D eigenvalue weighted by Crippen LogP contribution is -2.38. The molecule has 7 nitrogen and oxygen atoms in total. The van der Waals surface area contributed by atoms with Crippen molar-refractivity contribution < 1.29 is 14.0 Å². The highest BCUT2D eigenvalue weighted by atomic mass is 32.2. The van der Waals surface area contributed by atoms with E-state index in [1.807, 2.05) is 36.0 Å². The first-order valence-electron chi connectivity index (χ1n) is 9.42. The number of furan rings is 1. The minimum Gasteiger partial charge on any atom is -0.467 e. The Kier molecular flexibility index (Phi) is 7.81. The van der Waals surface area contributed by atoms with Gasteiger partial charge in [-0.3, -0.25) is 4.79 Å². The monoisotopic (exact) mass is 402 g/mol. The van der Waals surface area contributed by atoms with Gasteiger partial charge in [-0.1, -0.05) is 12.1 Å². The molecule has 3 rings (SSSR count). The van der Waals surface area contributed by atoms with Crippen molar-refractivity contribution in [1.29, 1.82) is 0 Å². The fourth-order valence-corrected chi connectivity index (χ4v) is 3.84. The van der Waals surface area contributed by atoms with E-state index in [4.69, 9.17) is 4.42 Å².